The molecule has 0 radical (unpaired) electrons. The number of anilines is 2. The van der Waals surface area contributed by atoms with Crippen LogP contribution in [0, 0.1) is 0 Å². The molecule has 1 aliphatic carbocycles. The first kappa shape index (κ1) is 13.7. The van der Waals surface area contributed by atoms with E-state index in [2.05, 4.69) is 17.1 Å². The molecule has 1 aromatic rings. The van der Waals surface area contributed by atoms with E-state index in [1.165, 1.54) is 0 Å². The van der Waals surface area contributed by atoms with Crippen LogP contribution in [0.5, 0.6) is 0 Å². The number of nitrogen functional groups attached to an aromatic ring is 1. The zero-order valence-corrected chi connectivity index (χ0v) is 11.6. The van der Waals surface area contributed by atoms with E-state index in [0.717, 1.165) is 43.7 Å². The number of nitrogens with two attached hydrogens (primary N) is 1. The second-order valence-corrected chi connectivity index (χ2v) is 5.17. The number of amides is 1. The van der Waals surface area contributed by atoms with Crippen molar-refractivity contribution in [3.8, 4) is 0 Å². The highest BCUT2D eigenvalue weighted by Gasteiger charge is 2.23. The number of nitrogens with one attached hydrogen (secondary N) is 1. The number of nitrogens with zero attached hydrogens (tertiary/aromatic N) is 1. The molecule has 104 valence electrons. The summed E-state index contributed by atoms with van der Waals surface area (Å²) in [4.78, 5) is 14.0. The van der Waals surface area contributed by atoms with Crippen molar-refractivity contribution < 1.29 is 4.79 Å². The van der Waals surface area contributed by atoms with E-state index >= 15 is 0 Å². The van der Waals surface area contributed by atoms with Crippen molar-refractivity contribution in [1.82, 2.24) is 5.32 Å². The maximum absolute atomic E-state index is 11.7. The van der Waals surface area contributed by atoms with Gasteiger partial charge in [0.1, 0.15) is 0 Å². The molecule has 3 N–H and O–H groups in total. The molecule has 4 nitrogen and oxygen atoms in total. The fraction of sp³-hybridized carbons (Fsp3) is 0.533. The van der Waals surface area contributed by atoms with Gasteiger partial charge < -0.3 is 16.0 Å². The summed E-state index contributed by atoms with van der Waals surface area (Å²) in [6.07, 6.45) is 3.90. The molecule has 1 fully saturated rings. The topological polar surface area (TPSA) is 58.4 Å². The lowest BCUT2D eigenvalue weighted by Crippen LogP contribution is -2.32. The van der Waals surface area contributed by atoms with Crippen molar-refractivity contribution in [2.45, 2.75) is 38.6 Å². The molecule has 0 saturated heterocycles. The molecule has 1 aromatic carbocycles. The quantitative estimate of drug-likeness (QED) is 0.739. The molecule has 4 heteroatoms. The van der Waals surface area contributed by atoms with E-state index in [4.69, 9.17) is 5.73 Å². The first-order chi connectivity index (χ1) is 9.19. The van der Waals surface area contributed by atoms with Gasteiger partial charge >= 0.3 is 0 Å². The third-order valence-electron chi connectivity index (χ3n) is 3.30. The second-order valence-electron chi connectivity index (χ2n) is 5.17. The number of carbonyl (C=O) groups excluding carboxylic acids is 1. The average Bonchev–Trinajstić information content (AvgIpc) is 3.19. The first-order valence-electron chi connectivity index (χ1n) is 7.09. The Kier molecular flexibility index (Phi) is 4.66. The van der Waals surface area contributed by atoms with Gasteiger partial charge in [0.2, 0.25) is 5.91 Å². The van der Waals surface area contributed by atoms with Crippen LogP contribution in [-0.4, -0.2) is 25.0 Å². The zero-order valence-electron chi connectivity index (χ0n) is 11.6. The van der Waals surface area contributed by atoms with Gasteiger partial charge in [-0.1, -0.05) is 6.92 Å². The van der Waals surface area contributed by atoms with E-state index in [-0.39, 0.29) is 5.91 Å². The van der Waals surface area contributed by atoms with Crippen molar-refractivity contribution in [3.63, 3.8) is 0 Å². The Morgan fingerprint density at radius 2 is 2.00 bits per heavy atom. The summed E-state index contributed by atoms with van der Waals surface area (Å²) in [7, 11) is 0. The molecule has 1 aliphatic rings. The number of hydrogen-bond acceptors (Lipinski definition) is 3. The highest BCUT2D eigenvalue weighted by atomic mass is 16.1. The summed E-state index contributed by atoms with van der Waals surface area (Å²) in [5.74, 6) is 0.166. The summed E-state index contributed by atoms with van der Waals surface area (Å²) >= 11 is 0. The number of rotatable bonds is 7. The summed E-state index contributed by atoms with van der Waals surface area (Å²) in [5, 5.41) is 3.03. The Morgan fingerprint density at radius 3 is 2.58 bits per heavy atom. The fourth-order valence-electron chi connectivity index (χ4n) is 2.09. The molecule has 0 atom stereocenters. The van der Waals surface area contributed by atoms with Gasteiger partial charge in [-0.3, -0.25) is 4.79 Å². The number of benzene rings is 1. The Bertz CT molecular complexity index is 412. The Balaban J connectivity index is 1.87. The van der Waals surface area contributed by atoms with Gasteiger partial charge in [-0.2, -0.15) is 0 Å². The molecular formula is C15H23N3O. The summed E-state index contributed by atoms with van der Waals surface area (Å²) in [6.45, 7) is 3.87. The van der Waals surface area contributed by atoms with Crippen LogP contribution < -0.4 is 16.0 Å². The van der Waals surface area contributed by atoms with Crippen LogP contribution in [-0.2, 0) is 4.79 Å². The highest BCUT2D eigenvalue weighted by Crippen LogP contribution is 2.19. The van der Waals surface area contributed by atoms with Gasteiger partial charge in [-0.25, -0.2) is 0 Å². The summed E-state index contributed by atoms with van der Waals surface area (Å²) in [5.41, 5.74) is 7.61. The van der Waals surface area contributed by atoms with Crippen LogP contribution in [0.1, 0.15) is 32.6 Å². The molecule has 1 amide bonds. The SMILES string of the molecule is CCCN(CCC(=O)NC1CC1)c1ccc(N)cc1. The minimum atomic E-state index is 0.166. The van der Waals surface area contributed by atoms with E-state index in [0.29, 0.717) is 12.5 Å². The predicted molar refractivity (Wildman–Crippen MR) is 79.1 cm³/mol. The maximum Gasteiger partial charge on any atom is 0.221 e. The standard InChI is InChI=1S/C15H23N3O/c1-2-10-18(14-7-3-12(16)4-8-14)11-9-15(19)17-13-5-6-13/h3-4,7-8,13H,2,5-6,9-11,16H2,1H3,(H,17,19). The van der Waals surface area contributed by atoms with Crippen LogP contribution >= 0.6 is 0 Å². The van der Waals surface area contributed by atoms with E-state index < -0.39 is 0 Å². The molecule has 2 rings (SSSR count). The predicted octanol–water partition coefficient (Wildman–Crippen LogP) is 2.15. The molecule has 0 unspecified atom stereocenters. The largest absolute Gasteiger partial charge is 0.399 e. The van der Waals surface area contributed by atoms with Gasteiger partial charge in [-0.15, -0.1) is 0 Å². The number of carbonyl (C=O) groups is 1. The summed E-state index contributed by atoms with van der Waals surface area (Å²) in [6, 6.07) is 8.29. The van der Waals surface area contributed by atoms with Gasteiger partial charge in [0.25, 0.3) is 0 Å². The third-order valence-corrected chi connectivity index (χ3v) is 3.30. The molecule has 0 bridgehead atoms. The van der Waals surface area contributed by atoms with Gasteiger partial charge in [0, 0.05) is 36.9 Å². The van der Waals surface area contributed by atoms with Crippen molar-refractivity contribution >= 4 is 17.3 Å². The molecule has 0 aliphatic heterocycles. The smallest absolute Gasteiger partial charge is 0.221 e. The van der Waals surface area contributed by atoms with Crippen molar-refractivity contribution in [2.24, 2.45) is 0 Å². The minimum Gasteiger partial charge on any atom is -0.399 e. The lowest BCUT2D eigenvalue weighted by atomic mass is 10.2. The Morgan fingerprint density at radius 1 is 1.32 bits per heavy atom. The zero-order chi connectivity index (χ0) is 13.7. The lowest BCUT2D eigenvalue weighted by molar-refractivity contribution is -0.121. The third kappa shape index (κ3) is 4.47. The molecule has 1 saturated carbocycles. The molecule has 0 heterocycles. The van der Waals surface area contributed by atoms with Crippen LogP contribution in [0.25, 0.3) is 0 Å². The number of hydrogen-bond donors (Lipinski definition) is 2. The molecule has 19 heavy (non-hydrogen) atoms. The normalized spacial score (nSPS) is 14.2. The molecule has 0 aromatic heterocycles. The monoisotopic (exact) mass is 261 g/mol. The minimum absolute atomic E-state index is 0.166. The van der Waals surface area contributed by atoms with Crippen LogP contribution in [0.2, 0.25) is 0 Å². The van der Waals surface area contributed by atoms with Crippen LogP contribution in [0.15, 0.2) is 24.3 Å². The van der Waals surface area contributed by atoms with E-state index in [1.807, 2.05) is 24.3 Å². The average molecular weight is 261 g/mol. The second kappa shape index (κ2) is 6.45. The highest BCUT2D eigenvalue weighted by molar-refractivity contribution is 5.77. The van der Waals surface area contributed by atoms with Crippen LogP contribution in [0.4, 0.5) is 11.4 Å². The van der Waals surface area contributed by atoms with E-state index in [9.17, 15) is 4.79 Å². The van der Waals surface area contributed by atoms with Crippen LogP contribution in [0.3, 0.4) is 0 Å². The lowest BCUT2D eigenvalue weighted by Gasteiger charge is -2.24. The van der Waals surface area contributed by atoms with E-state index in [1.54, 1.807) is 0 Å². The first-order valence-corrected chi connectivity index (χ1v) is 7.09. The summed E-state index contributed by atoms with van der Waals surface area (Å²) < 4.78 is 0. The Hall–Kier alpha value is -1.71. The maximum atomic E-state index is 11.7. The van der Waals surface area contributed by atoms with Crippen molar-refractivity contribution in [1.29, 1.82) is 0 Å². The Labute approximate surface area is 115 Å². The molecular weight excluding hydrogens is 238 g/mol. The molecule has 0 spiro atoms. The van der Waals surface area contributed by atoms with Gasteiger partial charge in [0.15, 0.2) is 0 Å². The van der Waals surface area contributed by atoms with Crippen molar-refractivity contribution in [2.75, 3.05) is 23.7 Å². The van der Waals surface area contributed by atoms with Crippen molar-refractivity contribution in [3.05, 3.63) is 24.3 Å². The fourth-order valence-corrected chi connectivity index (χ4v) is 2.09. The van der Waals surface area contributed by atoms with Gasteiger partial charge in [-0.05, 0) is 43.5 Å². The van der Waals surface area contributed by atoms with Gasteiger partial charge in [0.05, 0.1) is 0 Å².